The number of nitrogens with one attached hydrogen (secondary N) is 1. The Kier molecular flexibility index (Phi) is 6.87. The average Bonchev–Trinajstić information content (AvgIpc) is 2.43. The molecule has 3 N–H and O–H groups in total. The van der Waals surface area contributed by atoms with Gasteiger partial charge in [-0.1, -0.05) is 6.92 Å². The van der Waals surface area contributed by atoms with Crippen LogP contribution in [-0.4, -0.2) is 25.7 Å². The molecule has 112 valence electrons. The predicted molar refractivity (Wildman–Crippen MR) is 80.2 cm³/mol. The predicted octanol–water partition coefficient (Wildman–Crippen LogP) is 2.41. The van der Waals surface area contributed by atoms with Crippen LogP contribution in [-0.2, 0) is 4.79 Å². The first-order valence-corrected chi connectivity index (χ1v) is 7.06. The molecule has 0 radical (unpaired) electrons. The van der Waals surface area contributed by atoms with Crippen LogP contribution in [0.5, 0.6) is 11.5 Å². The topological polar surface area (TPSA) is 73.6 Å². The summed E-state index contributed by atoms with van der Waals surface area (Å²) in [4.78, 5) is 12.1. The van der Waals surface area contributed by atoms with Crippen molar-refractivity contribution in [2.75, 3.05) is 25.1 Å². The van der Waals surface area contributed by atoms with Crippen molar-refractivity contribution in [1.82, 2.24) is 0 Å². The summed E-state index contributed by atoms with van der Waals surface area (Å²) in [6, 6.07) is 5.40. The van der Waals surface area contributed by atoms with Crippen LogP contribution in [0.4, 0.5) is 5.69 Å². The minimum Gasteiger partial charge on any atom is -0.494 e. The quantitative estimate of drug-likeness (QED) is 0.767. The van der Waals surface area contributed by atoms with E-state index in [4.69, 9.17) is 15.2 Å². The second-order valence-electron chi connectivity index (χ2n) is 4.35. The minimum absolute atomic E-state index is 0.0930. The van der Waals surface area contributed by atoms with E-state index in [9.17, 15) is 4.79 Å². The fraction of sp³-hybridized carbons (Fsp3) is 0.533. The van der Waals surface area contributed by atoms with Crippen LogP contribution in [0.15, 0.2) is 18.2 Å². The maximum atomic E-state index is 12.1. The normalized spacial score (nSPS) is 11.8. The molecule has 0 bridgehead atoms. The summed E-state index contributed by atoms with van der Waals surface area (Å²) in [5.74, 6) is 1.05. The molecule has 1 unspecified atom stereocenters. The molecule has 0 spiro atoms. The molecule has 1 atom stereocenters. The van der Waals surface area contributed by atoms with Gasteiger partial charge in [-0.3, -0.25) is 4.79 Å². The average molecular weight is 280 g/mol. The third-order valence-electron chi connectivity index (χ3n) is 2.97. The molecule has 1 amide bonds. The largest absolute Gasteiger partial charge is 0.494 e. The number of carbonyl (C=O) groups is 1. The second kappa shape index (κ2) is 8.43. The zero-order chi connectivity index (χ0) is 15.0. The highest BCUT2D eigenvalue weighted by molar-refractivity contribution is 5.94. The smallest absolute Gasteiger partial charge is 0.228 e. The van der Waals surface area contributed by atoms with Gasteiger partial charge >= 0.3 is 0 Å². The molecule has 5 heteroatoms. The Labute approximate surface area is 120 Å². The van der Waals surface area contributed by atoms with Gasteiger partial charge < -0.3 is 20.5 Å². The van der Waals surface area contributed by atoms with Crippen molar-refractivity contribution >= 4 is 11.6 Å². The van der Waals surface area contributed by atoms with Gasteiger partial charge in [-0.25, -0.2) is 0 Å². The summed E-state index contributed by atoms with van der Waals surface area (Å²) in [6.45, 7) is 7.19. The van der Waals surface area contributed by atoms with Crippen molar-refractivity contribution in [1.29, 1.82) is 0 Å². The SMILES string of the molecule is CCOc1ccc(OCC)c(NC(=O)C(CC)CN)c1. The van der Waals surface area contributed by atoms with E-state index in [0.29, 0.717) is 43.4 Å². The van der Waals surface area contributed by atoms with Crippen LogP contribution in [0.2, 0.25) is 0 Å². The van der Waals surface area contributed by atoms with Crippen molar-refractivity contribution in [3.05, 3.63) is 18.2 Å². The number of ether oxygens (including phenoxy) is 2. The Hall–Kier alpha value is -1.75. The number of rotatable bonds is 8. The number of hydrogen-bond acceptors (Lipinski definition) is 4. The molecule has 1 rings (SSSR count). The molecular formula is C15H24N2O3. The maximum Gasteiger partial charge on any atom is 0.228 e. The van der Waals surface area contributed by atoms with E-state index in [0.717, 1.165) is 0 Å². The summed E-state index contributed by atoms with van der Waals surface area (Å²) in [6.07, 6.45) is 0.706. The molecule has 0 saturated carbocycles. The van der Waals surface area contributed by atoms with Crippen molar-refractivity contribution in [2.45, 2.75) is 27.2 Å². The van der Waals surface area contributed by atoms with Crippen molar-refractivity contribution in [3.63, 3.8) is 0 Å². The molecule has 1 aromatic rings. The minimum atomic E-state index is -0.194. The summed E-state index contributed by atoms with van der Waals surface area (Å²) >= 11 is 0. The highest BCUT2D eigenvalue weighted by Crippen LogP contribution is 2.30. The zero-order valence-corrected chi connectivity index (χ0v) is 12.4. The van der Waals surface area contributed by atoms with Gasteiger partial charge in [0.15, 0.2) is 0 Å². The van der Waals surface area contributed by atoms with Gasteiger partial charge in [0.1, 0.15) is 11.5 Å². The Bertz CT molecular complexity index is 431. The number of carbonyl (C=O) groups excluding carboxylic acids is 1. The zero-order valence-electron chi connectivity index (χ0n) is 12.4. The Balaban J connectivity index is 2.93. The maximum absolute atomic E-state index is 12.1. The molecule has 0 heterocycles. The van der Waals surface area contributed by atoms with E-state index in [-0.39, 0.29) is 11.8 Å². The third kappa shape index (κ3) is 4.42. The Morgan fingerprint density at radius 1 is 1.25 bits per heavy atom. The summed E-state index contributed by atoms with van der Waals surface area (Å²) in [5, 5.41) is 2.87. The number of amides is 1. The fourth-order valence-corrected chi connectivity index (χ4v) is 1.84. The van der Waals surface area contributed by atoms with Crippen molar-refractivity contribution in [3.8, 4) is 11.5 Å². The van der Waals surface area contributed by atoms with Gasteiger partial charge in [-0.05, 0) is 32.4 Å². The van der Waals surface area contributed by atoms with Crippen LogP contribution in [0.3, 0.4) is 0 Å². The highest BCUT2D eigenvalue weighted by Gasteiger charge is 2.17. The summed E-state index contributed by atoms with van der Waals surface area (Å²) in [5.41, 5.74) is 6.22. The van der Waals surface area contributed by atoms with Crippen LogP contribution in [0, 0.1) is 5.92 Å². The lowest BCUT2D eigenvalue weighted by atomic mass is 10.1. The Morgan fingerprint density at radius 3 is 2.50 bits per heavy atom. The van der Waals surface area contributed by atoms with E-state index in [1.807, 2.05) is 26.8 Å². The third-order valence-corrected chi connectivity index (χ3v) is 2.97. The lowest BCUT2D eigenvalue weighted by molar-refractivity contribution is -0.119. The van der Waals surface area contributed by atoms with Crippen molar-refractivity contribution < 1.29 is 14.3 Å². The standard InChI is InChI=1S/C15H24N2O3/c1-4-11(10-16)15(18)17-13-9-12(19-5-2)7-8-14(13)20-6-3/h7-9,11H,4-6,10,16H2,1-3H3,(H,17,18). The molecule has 20 heavy (non-hydrogen) atoms. The lowest BCUT2D eigenvalue weighted by Crippen LogP contribution is -2.28. The van der Waals surface area contributed by atoms with Gasteiger partial charge in [0.25, 0.3) is 0 Å². The van der Waals surface area contributed by atoms with E-state index in [1.165, 1.54) is 0 Å². The van der Waals surface area contributed by atoms with Gasteiger partial charge in [0.2, 0.25) is 5.91 Å². The molecule has 5 nitrogen and oxygen atoms in total. The first-order valence-electron chi connectivity index (χ1n) is 7.06. The van der Waals surface area contributed by atoms with Gasteiger partial charge in [0, 0.05) is 12.6 Å². The van der Waals surface area contributed by atoms with Crippen LogP contribution < -0.4 is 20.5 Å². The number of anilines is 1. The summed E-state index contributed by atoms with van der Waals surface area (Å²) < 4.78 is 11.0. The van der Waals surface area contributed by atoms with Gasteiger partial charge in [-0.15, -0.1) is 0 Å². The molecular weight excluding hydrogens is 256 g/mol. The number of nitrogens with two attached hydrogens (primary N) is 1. The van der Waals surface area contributed by atoms with Gasteiger partial charge in [0.05, 0.1) is 24.8 Å². The molecule has 0 aliphatic rings. The van der Waals surface area contributed by atoms with Gasteiger partial charge in [-0.2, -0.15) is 0 Å². The van der Waals surface area contributed by atoms with E-state index in [2.05, 4.69) is 5.32 Å². The number of hydrogen-bond donors (Lipinski definition) is 2. The van der Waals surface area contributed by atoms with E-state index < -0.39 is 0 Å². The molecule has 0 aliphatic heterocycles. The summed E-state index contributed by atoms with van der Waals surface area (Å²) in [7, 11) is 0. The number of benzene rings is 1. The first kappa shape index (κ1) is 16.3. The first-order chi connectivity index (χ1) is 9.65. The molecule has 0 aromatic heterocycles. The van der Waals surface area contributed by atoms with Crippen LogP contribution >= 0.6 is 0 Å². The van der Waals surface area contributed by atoms with E-state index >= 15 is 0 Å². The molecule has 0 saturated heterocycles. The van der Waals surface area contributed by atoms with Crippen LogP contribution in [0.25, 0.3) is 0 Å². The molecule has 0 aliphatic carbocycles. The molecule has 0 fully saturated rings. The fourth-order valence-electron chi connectivity index (χ4n) is 1.84. The molecule has 1 aromatic carbocycles. The monoisotopic (exact) mass is 280 g/mol. The van der Waals surface area contributed by atoms with Crippen molar-refractivity contribution in [2.24, 2.45) is 11.7 Å². The Morgan fingerprint density at radius 2 is 1.95 bits per heavy atom. The van der Waals surface area contributed by atoms with Crippen LogP contribution in [0.1, 0.15) is 27.2 Å². The highest BCUT2D eigenvalue weighted by atomic mass is 16.5. The second-order valence-corrected chi connectivity index (χ2v) is 4.35. The lowest BCUT2D eigenvalue weighted by Gasteiger charge is -2.16. The van der Waals surface area contributed by atoms with E-state index in [1.54, 1.807) is 12.1 Å².